The minimum Gasteiger partial charge on any atom is -0.338 e. The highest BCUT2D eigenvalue weighted by Crippen LogP contribution is 2.49. The molecule has 102 valence electrons. The number of carbonyl (C=O) groups excluding carboxylic acids is 1. The summed E-state index contributed by atoms with van der Waals surface area (Å²) in [5.74, 6) is 0.974. The van der Waals surface area contributed by atoms with E-state index in [0.29, 0.717) is 18.4 Å². The monoisotopic (exact) mass is 258 g/mol. The van der Waals surface area contributed by atoms with Crippen LogP contribution < -0.4 is 5.73 Å². The van der Waals surface area contributed by atoms with E-state index in [0.717, 1.165) is 25.8 Å². The predicted molar refractivity (Wildman–Crippen MR) is 75.8 cm³/mol. The van der Waals surface area contributed by atoms with Crippen LogP contribution in [0.25, 0.3) is 0 Å². The number of benzene rings is 1. The van der Waals surface area contributed by atoms with Gasteiger partial charge in [0.05, 0.1) is 0 Å². The third-order valence-corrected chi connectivity index (χ3v) is 4.63. The van der Waals surface area contributed by atoms with Crippen LogP contribution in [0.2, 0.25) is 0 Å². The first-order valence-electron chi connectivity index (χ1n) is 7.28. The minimum absolute atomic E-state index is 0.202. The Morgan fingerprint density at radius 1 is 1.42 bits per heavy atom. The molecule has 2 aliphatic rings. The first-order chi connectivity index (χ1) is 9.22. The molecule has 19 heavy (non-hydrogen) atoms. The zero-order chi connectivity index (χ0) is 13.4. The summed E-state index contributed by atoms with van der Waals surface area (Å²) in [7, 11) is 0. The molecular formula is C16H22N2O. The molecule has 1 aliphatic carbocycles. The lowest BCUT2D eigenvalue weighted by atomic mass is 10.0. The fourth-order valence-corrected chi connectivity index (χ4v) is 3.40. The number of nitrogens with two attached hydrogens (primary N) is 1. The molecule has 1 aliphatic heterocycles. The topological polar surface area (TPSA) is 46.3 Å². The second-order valence-corrected chi connectivity index (χ2v) is 5.87. The van der Waals surface area contributed by atoms with Gasteiger partial charge in [0.25, 0.3) is 0 Å². The predicted octanol–water partition coefficient (Wildman–Crippen LogP) is 2.05. The Balaban J connectivity index is 1.70. The van der Waals surface area contributed by atoms with Crippen LogP contribution in [0.4, 0.5) is 0 Å². The molecule has 2 N–H and O–H groups in total. The smallest absolute Gasteiger partial charge is 0.226 e. The van der Waals surface area contributed by atoms with E-state index in [1.165, 1.54) is 11.1 Å². The van der Waals surface area contributed by atoms with Crippen molar-refractivity contribution in [2.45, 2.75) is 38.1 Å². The molecule has 3 rings (SSSR count). The first kappa shape index (κ1) is 12.7. The van der Waals surface area contributed by atoms with E-state index in [9.17, 15) is 4.79 Å². The number of amides is 1. The van der Waals surface area contributed by atoms with Gasteiger partial charge in [-0.3, -0.25) is 4.79 Å². The van der Waals surface area contributed by atoms with Gasteiger partial charge in [0, 0.05) is 25.0 Å². The van der Waals surface area contributed by atoms with Gasteiger partial charge < -0.3 is 10.6 Å². The number of hydrogen-bond donors (Lipinski definition) is 1. The molecule has 1 saturated heterocycles. The summed E-state index contributed by atoms with van der Waals surface area (Å²) in [5, 5.41) is 0. The van der Waals surface area contributed by atoms with E-state index >= 15 is 0 Å². The lowest BCUT2D eigenvalue weighted by Crippen LogP contribution is -2.40. The number of rotatable bonds is 3. The first-order valence-corrected chi connectivity index (χ1v) is 7.28. The minimum atomic E-state index is 0.202. The van der Waals surface area contributed by atoms with Crippen LogP contribution in [0.15, 0.2) is 24.3 Å². The largest absolute Gasteiger partial charge is 0.338 e. The van der Waals surface area contributed by atoms with Crippen LogP contribution in [0.3, 0.4) is 0 Å². The van der Waals surface area contributed by atoms with Crippen molar-refractivity contribution in [2.75, 3.05) is 13.1 Å². The summed E-state index contributed by atoms with van der Waals surface area (Å²) in [6.45, 7) is 3.64. The molecule has 3 heteroatoms. The lowest BCUT2D eigenvalue weighted by Gasteiger charge is -2.23. The third-order valence-electron chi connectivity index (χ3n) is 4.63. The van der Waals surface area contributed by atoms with Gasteiger partial charge in [-0.15, -0.1) is 0 Å². The summed E-state index contributed by atoms with van der Waals surface area (Å²) in [6.07, 6.45) is 3.19. The fraction of sp³-hybridized carbons (Fsp3) is 0.562. The molecule has 0 aromatic heterocycles. The van der Waals surface area contributed by atoms with E-state index in [2.05, 4.69) is 31.2 Å². The molecule has 0 unspecified atom stereocenters. The van der Waals surface area contributed by atoms with E-state index in [-0.39, 0.29) is 12.0 Å². The fourth-order valence-electron chi connectivity index (χ4n) is 3.40. The van der Waals surface area contributed by atoms with Crippen molar-refractivity contribution in [2.24, 2.45) is 11.7 Å². The molecule has 0 bridgehead atoms. The molecule has 0 radical (unpaired) electrons. The number of hydrogen-bond acceptors (Lipinski definition) is 2. The Morgan fingerprint density at radius 2 is 2.21 bits per heavy atom. The molecule has 3 atom stereocenters. The zero-order valence-corrected chi connectivity index (χ0v) is 11.5. The van der Waals surface area contributed by atoms with E-state index < -0.39 is 0 Å². The van der Waals surface area contributed by atoms with E-state index in [1.807, 2.05) is 4.90 Å². The number of aryl methyl sites for hydroxylation is 1. The molecule has 1 aromatic carbocycles. The van der Waals surface area contributed by atoms with Crippen LogP contribution in [-0.2, 0) is 4.79 Å². The normalized spacial score (nSPS) is 29.6. The Bertz CT molecular complexity index is 485. The molecule has 1 heterocycles. The maximum Gasteiger partial charge on any atom is 0.226 e. The van der Waals surface area contributed by atoms with Crippen LogP contribution in [0.5, 0.6) is 0 Å². The Kier molecular flexibility index (Phi) is 3.31. The number of carbonyl (C=O) groups is 1. The SMILES string of the molecule is Cc1ccccc1[C@@H]1C[C@@H]1C(=O)N1CCC[C@@H]1CN. The maximum atomic E-state index is 12.5. The van der Waals surface area contributed by atoms with Gasteiger partial charge in [-0.25, -0.2) is 0 Å². The van der Waals surface area contributed by atoms with Gasteiger partial charge >= 0.3 is 0 Å². The highest BCUT2D eigenvalue weighted by molar-refractivity contribution is 5.83. The second kappa shape index (κ2) is 4.97. The second-order valence-electron chi connectivity index (χ2n) is 5.87. The van der Waals surface area contributed by atoms with Crippen molar-refractivity contribution in [3.8, 4) is 0 Å². The van der Waals surface area contributed by atoms with Gasteiger partial charge in [0.1, 0.15) is 0 Å². The molecular weight excluding hydrogens is 236 g/mol. The van der Waals surface area contributed by atoms with Gasteiger partial charge in [-0.05, 0) is 43.2 Å². The number of likely N-dealkylation sites (tertiary alicyclic amines) is 1. The summed E-state index contributed by atoms with van der Waals surface area (Å²) in [4.78, 5) is 14.6. The summed E-state index contributed by atoms with van der Waals surface area (Å²) < 4.78 is 0. The zero-order valence-electron chi connectivity index (χ0n) is 11.5. The van der Waals surface area contributed by atoms with Crippen molar-refractivity contribution in [3.05, 3.63) is 35.4 Å². The van der Waals surface area contributed by atoms with Crippen molar-refractivity contribution < 1.29 is 4.79 Å². The molecule has 1 aromatic rings. The Hall–Kier alpha value is -1.35. The maximum absolute atomic E-state index is 12.5. The van der Waals surface area contributed by atoms with Crippen molar-refractivity contribution >= 4 is 5.91 Å². The highest BCUT2D eigenvalue weighted by atomic mass is 16.2. The van der Waals surface area contributed by atoms with Crippen LogP contribution in [0, 0.1) is 12.8 Å². The quantitative estimate of drug-likeness (QED) is 0.902. The van der Waals surface area contributed by atoms with Crippen molar-refractivity contribution in [1.29, 1.82) is 0 Å². The van der Waals surface area contributed by atoms with Crippen molar-refractivity contribution in [1.82, 2.24) is 4.90 Å². The van der Waals surface area contributed by atoms with Gasteiger partial charge in [-0.2, -0.15) is 0 Å². The van der Waals surface area contributed by atoms with E-state index in [1.54, 1.807) is 0 Å². The molecule has 1 saturated carbocycles. The molecule has 0 spiro atoms. The summed E-state index contributed by atoms with van der Waals surface area (Å²) in [6, 6.07) is 8.71. The highest BCUT2D eigenvalue weighted by Gasteiger charge is 2.47. The van der Waals surface area contributed by atoms with Gasteiger partial charge in [0.2, 0.25) is 5.91 Å². The Labute approximate surface area is 114 Å². The van der Waals surface area contributed by atoms with Crippen LogP contribution >= 0.6 is 0 Å². The van der Waals surface area contributed by atoms with E-state index in [4.69, 9.17) is 5.73 Å². The average molecular weight is 258 g/mol. The Morgan fingerprint density at radius 3 is 2.95 bits per heavy atom. The number of nitrogens with zero attached hydrogens (tertiary/aromatic N) is 1. The van der Waals surface area contributed by atoms with Gasteiger partial charge in [-0.1, -0.05) is 24.3 Å². The van der Waals surface area contributed by atoms with Crippen LogP contribution in [0.1, 0.15) is 36.3 Å². The lowest BCUT2D eigenvalue weighted by molar-refractivity contribution is -0.133. The summed E-state index contributed by atoms with van der Waals surface area (Å²) >= 11 is 0. The third kappa shape index (κ3) is 2.27. The average Bonchev–Trinajstić information content (AvgIpc) is 3.07. The molecule has 1 amide bonds. The molecule has 2 fully saturated rings. The molecule has 3 nitrogen and oxygen atoms in total. The standard InChI is InChI=1S/C16H22N2O/c1-11-5-2-3-7-13(11)14-9-15(14)16(19)18-8-4-6-12(18)10-17/h2-3,5,7,12,14-15H,4,6,8-10,17H2,1H3/t12-,14+,15+/m1/s1. The van der Waals surface area contributed by atoms with Crippen LogP contribution in [-0.4, -0.2) is 29.9 Å². The summed E-state index contributed by atoms with van der Waals surface area (Å²) in [5.41, 5.74) is 8.41. The van der Waals surface area contributed by atoms with Gasteiger partial charge in [0.15, 0.2) is 0 Å². The van der Waals surface area contributed by atoms with Crippen molar-refractivity contribution in [3.63, 3.8) is 0 Å².